The van der Waals surface area contributed by atoms with Crippen molar-refractivity contribution in [2.75, 3.05) is 13.1 Å². The summed E-state index contributed by atoms with van der Waals surface area (Å²) >= 11 is 11.7. The van der Waals surface area contributed by atoms with Crippen molar-refractivity contribution in [3.63, 3.8) is 0 Å². The summed E-state index contributed by atoms with van der Waals surface area (Å²) in [4.78, 5) is 0.0424. The van der Waals surface area contributed by atoms with Gasteiger partial charge in [0.1, 0.15) is 4.90 Å². The van der Waals surface area contributed by atoms with Gasteiger partial charge in [0.05, 0.1) is 10.0 Å². The van der Waals surface area contributed by atoms with Crippen LogP contribution in [0.25, 0.3) is 0 Å². The number of hydrogen-bond acceptors (Lipinski definition) is 3. The maximum atomic E-state index is 12.3. The van der Waals surface area contributed by atoms with E-state index >= 15 is 0 Å². The van der Waals surface area contributed by atoms with Crippen molar-refractivity contribution in [3.05, 3.63) is 28.2 Å². The minimum Gasteiger partial charge on any atom is -0.326 e. The lowest BCUT2D eigenvalue weighted by Crippen LogP contribution is -2.32. The van der Waals surface area contributed by atoms with Crippen LogP contribution in [0.1, 0.15) is 6.42 Å². The molecule has 1 aliphatic rings. The van der Waals surface area contributed by atoms with Crippen LogP contribution in [-0.2, 0) is 10.0 Å². The van der Waals surface area contributed by atoms with Gasteiger partial charge in [0.25, 0.3) is 0 Å². The molecular weight excluding hydrogens is 319 g/mol. The standard InChI is InChI=1S/C10H12Cl2N2O2S.ClH/c11-8-2-1-3-9(10(8)12)17(15,16)14-5-4-7(13)6-14;/h1-3,7H,4-6,13H2;1H/t7-;/m1./s1. The number of halogens is 3. The second-order valence-corrected chi connectivity index (χ2v) is 6.66. The van der Waals surface area contributed by atoms with Crippen molar-refractivity contribution in [1.82, 2.24) is 4.31 Å². The Hall–Kier alpha value is -0.0400. The van der Waals surface area contributed by atoms with Gasteiger partial charge in [-0.05, 0) is 18.6 Å². The molecule has 102 valence electrons. The molecule has 1 aromatic rings. The highest BCUT2D eigenvalue weighted by Gasteiger charge is 2.32. The molecule has 1 saturated heterocycles. The Kier molecular flexibility index (Phi) is 5.29. The van der Waals surface area contributed by atoms with Crippen LogP contribution in [0.2, 0.25) is 10.0 Å². The molecule has 0 amide bonds. The Morgan fingerprint density at radius 1 is 1.33 bits per heavy atom. The summed E-state index contributed by atoms with van der Waals surface area (Å²) in [7, 11) is -3.59. The van der Waals surface area contributed by atoms with Crippen molar-refractivity contribution >= 4 is 45.6 Å². The van der Waals surface area contributed by atoms with Crippen LogP contribution >= 0.6 is 35.6 Å². The molecule has 0 unspecified atom stereocenters. The van der Waals surface area contributed by atoms with Gasteiger partial charge in [-0.1, -0.05) is 29.3 Å². The summed E-state index contributed by atoms with van der Waals surface area (Å²) in [6.07, 6.45) is 0.664. The zero-order valence-electron chi connectivity index (χ0n) is 9.34. The highest BCUT2D eigenvalue weighted by atomic mass is 35.5. The SMILES string of the molecule is Cl.N[C@@H]1CCN(S(=O)(=O)c2cccc(Cl)c2Cl)C1. The molecule has 0 aromatic heterocycles. The van der Waals surface area contributed by atoms with Crippen molar-refractivity contribution in [2.45, 2.75) is 17.4 Å². The molecule has 1 heterocycles. The van der Waals surface area contributed by atoms with Crippen molar-refractivity contribution in [2.24, 2.45) is 5.73 Å². The summed E-state index contributed by atoms with van der Waals surface area (Å²) in [5, 5.41) is 0.297. The molecule has 1 atom stereocenters. The lowest BCUT2D eigenvalue weighted by atomic mass is 10.3. The fourth-order valence-corrected chi connectivity index (χ4v) is 4.04. The third kappa shape index (κ3) is 2.92. The van der Waals surface area contributed by atoms with E-state index in [1.54, 1.807) is 12.1 Å². The predicted molar refractivity (Wildman–Crippen MR) is 75.1 cm³/mol. The zero-order chi connectivity index (χ0) is 12.6. The fraction of sp³-hybridized carbons (Fsp3) is 0.400. The number of benzene rings is 1. The Balaban J connectivity index is 0.00000162. The molecule has 2 N–H and O–H groups in total. The second kappa shape index (κ2) is 5.94. The first kappa shape index (κ1) is 16.0. The van der Waals surface area contributed by atoms with Gasteiger partial charge in [-0.3, -0.25) is 0 Å². The van der Waals surface area contributed by atoms with E-state index in [0.717, 1.165) is 0 Å². The molecule has 8 heteroatoms. The van der Waals surface area contributed by atoms with E-state index in [1.165, 1.54) is 10.4 Å². The number of nitrogens with zero attached hydrogens (tertiary/aromatic N) is 1. The number of sulfonamides is 1. The monoisotopic (exact) mass is 330 g/mol. The van der Waals surface area contributed by atoms with Crippen LogP contribution in [0, 0.1) is 0 Å². The summed E-state index contributed by atoms with van der Waals surface area (Å²) in [5.74, 6) is 0. The summed E-state index contributed by atoms with van der Waals surface area (Å²) in [5.41, 5.74) is 5.70. The Morgan fingerprint density at radius 3 is 2.56 bits per heavy atom. The summed E-state index contributed by atoms with van der Waals surface area (Å²) < 4.78 is 25.9. The molecule has 1 fully saturated rings. The van der Waals surface area contributed by atoms with Crippen molar-refractivity contribution in [3.8, 4) is 0 Å². The molecule has 0 spiro atoms. The van der Waals surface area contributed by atoms with E-state index in [9.17, 15) is 8.42 Å². The Morgan fingerprint density at radius 2 is 2.00 bits per heavy atom. The maximum absolute atomic E-state index is 12.3. The van der Waals surface area contributed by atoms with Gasteiger partial charge in [0.2, 0.25) is 10.0 Å². The number of nitrogens with two attached hydrogens (primary N) is 1. The van der Waals surface area contributed by atoms with Gasteiger partial charge < -0.3 is 5.73 Å². The molecule has 0 saturated carbocycles. The maximum Gasteiger partial charge on any atom is 0.244 e. The van der Waals surface area contributed by atoms with Crippen LogP contribution in [0.3, 0.4) is 0 Å². The first-order chi connectivity index (χ1) is 7.93. The lowest BCUT2D eigenvalue weighted by molar-refractivity contribution is 0.472. The third-order valence-corrected chi connectivity index (χ3v) is 5.56. The number of hydrogen-bond donors (Lipinski definition) is 1. The highest BCUT2D eigenvalue weighted by molar-refractivity contribution is 7.89. The second-order valence-electron chi connectivity index (χ2n) is 3.96. The van der Waals surface area contributed by atoms with Gasteiger partial charge >= 0.3 is 0 Å². The Labute approximate surface area is 123 Å². The first-order valence-corrected chi connectivity index (χ1v) is 7.32. The highest BCUT2D eigenvalue weighted by Crippen LogP contribution is 2.31. The first-order valence-electron chi connectivity index (χ1n) is 5.12. The minimum absolute atomic E-state index is 0. The van der Waals surface area contributed by atoms with E-state index in [2.05, 4.69) is 0 Å². The van der Waals surface area contributed by atoms with Crippen LogP contribution < -0.4 is 5.73 Å². The van der Waals surface area contributed by atoms with E-state index in [4.69, 9.17) is 28.9 Å². The number of rotatable bonds is 2. The predicted octanol–water partition coefficient (Wildman–Crippen LogP) is 2.14. The molecule has 1 aliphatic heterocycles. The molecular formula is C10H13Cl3N2O2S. The van der Waals surface area contributed by atoms with Crippen LogP contribution in [-0.4, -0.2) is 31.9 Å². The smallest absolute Gasteiger partial charge is 0.244 e. The van der Waals surface area contributed by atoms with E-state index in [1.807, 2.05) is 0 Å². The average Bonchev–Trinajstić information content (AvgIpc) is 2.69. The molecule has 0 aliphatic carbocycles. The van der Waals surface area contributed by atoms with Crippen molar-refractivity contribution in [1.29, 1.82) is 0 Å². The summed E-state index contributed by atoms with van der Waals surface area (Å²) in [6.45, 7) is 0.748. The third-order valence-electron chi connectivity index (χ3n) is 2.72. The lowest BCUT2D eigenvalue weighted by Gasteiger charge is -2.17. The van der Waals surface area contributed by atoms with Gasteiger partial charge in [0, 0.05) is 19.1 Å². The van der Waals surface area contributed by atoms with Crippen LogP contribution in [0.5, 0.6) is 0 Å². The zero-order valence-corrected chi connectivity index (χ0v) is 12.5. The molecule has 18 heavy (non-hydrogen) atoms. The van der Waals surface area contributed by atoms with Gasteiger partial charge in [0.15, 0.2) is 0 Å². The van der Waals surface area contributed by atoms with Gasteiger partial charge in [-0.25, -0.2) is 8.42 Å². The summed E-state index contributed by atoms with van der Waals surface area (Å²) in [6, 6.07) is 4.46. The molecule has 0 radical (unpaired) electrons. The van der Waals surface area contributed by atoms with Gasteiger partial charge in [-0.2, -0.15) is 4.31 Å². The van der Waals surface area contributed by atoms with Gasteiger partial charge in [-0.15, -0.1) is 12.4 Å². The molecule has 2 rings (SSSR count). The molecule has 4 nitrogen and oxygen atoms in total. The largest absolute Gasteiger partial charge is 0.326 e. The van der Waals surface area contributed by atoms with E-state index in [-0.39, 0.29) is 33.4 Å². The van der Waals surface area contributed by atoms with Crippen LogP contribution in [0.4, 0.5) is 0 Å². The Bertz CT molecular complexity index is 536. The van der Waals surface area contributed by atoms with E-state index < -0.39 is 10.0 Å². The normalized spacial score (nSPS) is 20.7. The average molecular weight is 332 g/mol. The quantitative estimate of drug-likeness (QED) is 0.903. The fourth-order valence-electron chi connectivity index (χ4n) is 1.79. The minimum atomic E-state index is -3.59. The van der Waals surface area contributed by atoms with E-state index in [0.29, 0.717) is 19.5 Å². The molecule has 1 aromatic carbocycles. The molecule has 0 bridgehead atoms. The topological polar surface area (TPSA) is 63.4 Å². The van der Waals surface area contributed by atoms with Crippen molar-refractivity contribution < 1.29 is 8.42 Å². The van der Waals surface area contributed by atoms with Crippen LogP contribution in [0.15, 0.2) is 23.1 Å².